The first kappa shape index (κ1) is 12.7. The van der Waals surface area contributed by atoms with Gasteiger partial charge in [0, 0.05) is 17.5 Å². The average Bonchev–Trinajstić information content (AvgIpc) is 2.22. The summed E-state index contributed by atoms with van der Waals surface area (Å²) in [4.78, 5) is 0. The Bertz CT molecular complexity index is 405. The summed E-state index contributed by atoms with van der Waals surface area (Å²) in [7, 11) is 0. The molecule has 5 heteroatoms. The van der Waals surface area contributed by atoms with E-state index in [9.17, 15) is 8.78 Å². The Morgan fingerprint density at radius 2 is 2.06 bits per heavy atom. The lowest BCUT2D eigenvalue weighted by Crippen LogP contribution is -2.49. The molecule has 0 radical (unpaired) electrons. The van der Waals surface area contributed by atoms with E-state index < -0.39 is 17.4 Å². The van der Waals surface area contributed by atoms with Crippen molar-refractivity contribution in [3.05, 3.63) is 35.4 Å². The highest BCUT2D eigenvalue weighted by Crippen LogP contribution is 2.41. The van der Waals surface area contributed by atoms with Crippen LogP contribution in [0.3, 0.4) is 0 Å². The summed E-state index contributed by atoms with van der Waals surface area (Å²) in [5.74, 6) is -1.87. The second-order valence-electron chi connectivity index (χ2n) is 4.07. The molecule has 1 aliphatic heterocycles. The highest BCUT2D eigenvalue weighted by Gasteiger charge is 2.45. The van der Waals surface area contributed by atoms with Crippen LogP contribution >= 0.6 is 11.6 Å². The fourth-order valence-electron chi connectivity index (χ4n) is 1.86. The molecule has 0 N–H and O–H groups in total. The molecule has 0 amide bonds. The number of rotatable bonds is 4. The quantitative estimate of drug-likeness (QED) is 0.773. The molecule has 1 fully saturated rings. The molecule has 0 unspecified atom stereocenters. The molecule has 0 bridgehead atoms. The average molecular weight is 263 g/mol. The lowest BCUT2D eigenvalue weighted by atomic mass is 10.0. The minimum atomic E-state index is -1.12. The SMILES string of the molecule is CC1(c2ccc(F)cc2F)OC(CCCCl)O1. The molecule has 2 rings (SSSR count). The Kier molecular flexibility index (Phi) is 3.66. The number of ether oxygens (including phenoxy) is 2. The number of hydrogen-bond donors (Lipinski definition) is 0. The van der Waals surface area contributed by atoms with E-state index in [2.05, 4.69) is 0 Å². The fourth-order valence-corrected chi connectivity index (χ4v) is 2.01. The Hall–Kier alpha value is -0.710. The maximum absolute atomic E-state index is 13.5. The highest BCUT2D eigenvalue weighted by atomic mass is 35.5. The summed E-state index contributed by atoms with van der Waals surface area (Å²) in [6.07, 6.45) is 1.08. The summed E-state index contributed by atoms with van der Waals surface area (Å²) >= 11 is 5.54. The van der Waals surface area contributed by atoms with E-state index in [0.717, 1.165) is 12.5 Å². The van der Waals surface area contributed by atoms with Crippen LogP contribution in [-0.4, -0.2) is 12.2 Å². The lowest BCUT2D eigenvalue weighted by molar-refractivity contribution is -0.456. The first-order valence-electron chi connectivity index (χ1n) is 5.42. The van der Waals surface area contributed by atoms with Crippen LogP contribution in [0.25, 0.3) is 0 Å². The summed E-state index contributed by atoms with van der Waals surface area (Å²) in [5, 5.41) is 0. The molecule has 0 aromatic heterocycles. The highest BCUT2D eigenvalue weighted by molar-refractivity contribution is 6.17. The number of benzene rings is 1. The van der Waals surface area contributed by atoms with Gasteiger partial charge in [-0.3, -0.25) is 0 Å². The number of halogens is 3. The van der Waals surface area contributed by atoms with Crippen LogP contribution in [0.4, 0.5) is 8.78 Å². The van der Waals surface area contributed by atoms with Crippen LogP contribution in [0.1, 0.15) is 25.3 Å². The lowest BCUT2D eigenvalue weighted by Gasteiger charge is -2.45. The molecule has 1 aromatic carbocycles. The standard InChI is InChI=1S/C12H13ClF2O2/c1-12(16-11(17-12)3-2-6-13)9-5-4-8(14)7-10(9)15/h4-5,7,11H,2-3,6H2,1H3. The summed E-state index contributed by atoms with van der Waals surface area (Å²) in [6.45, 7) is 1.61. The van der Waals surface area contributed by atoms with Crippen molar-refractivity contribution in [2.24, 2.45) is 0 Å². The van der Waals surface area contributed by atoms with Crippen molar-refractivity contribution >= 4 is 11.6 Å². The van der Waals surface area contributed by atoms with Crippen molar-refractivity contribution in [2.75, 3.05) is 5.88 Å². The predicted octanol–water partition coefficient (Wildman–Crippen LogP) is 3.53. The van der Waals surface area contributed by atoms with Gasteiger partial charge >= 0.3 is 0 Å². The van der Waals surface area contributed by atoms with E-state index in [4.69, 9.17) is 21.1 Å². The number of alkyl halides is 1. The molecule has 2 nitrogen and oxygen atoms in total. The second-order valence-corrected chi connectivity index (χ2v) is 4.44. The first-order valence-corrected chi connectivity index (χ1v) is 5.96. The Labute approximate surface area is 103 Å². The van der Waals surface area contributed by atoms with Crippen molar-refractivity contribution in [2.45, 2.75) is 31.8 Å². The van der Waals surface area contributed by atoms with Gasteiger partial charge in [-0.25, -0.2) is 8.78 Å². The predicted molar refractivity (Wildman–Crippen MR) is 59.6 cm³/mol. The molecule has 0 aliphatic carbocycles. The molecule has 94 valence electrons. The van der Waals surface area contributed by atoms with Gasteiger partial charge < -0.3 is 9.47 Å². The van der Waals surface area contributed by atoms with Crippen molar-refractivity contribution in [3.63, 3.8) is 0 Å². The smallest absolute Gasteiger partial charge is 0.200 e. The Balaban J connectivity index is 2.04. The van der Waals surface area contributed by atoms with Gasteiger partial charge in [0.1, 0.15) is 11.6 Å². The molecule has 1 aliphatic rings. The fraction of sp³-hybridized carbons (Fsp3) is 0.500. The zero-order chi connectivity index (χ0) is 12.5. The van der Waals surface area contributed by atoms with Crippen LogP contribution in [0.5, 0.6) is 0 Å². The molecule has 0 atom stereocenters. The van der Waals surface area contributed by atoms with Gasteiger partial charge in [0.2, 0.25) is 5.79 Å². The van der Waals surface area contributed by atoms with Crippen LogP contribution in [0, 0.1) is 11.6 Å². The molecule has 1 aromatic rings. The Morgan fingerprint density at radius 1 is 1.35 bits per heavy atom. The molecule has 17 heavy (non-hydrogen) atoms. The van der Waals surface area contributed by atoms with Crippen LogP contribution in [0.2, 0.25) is 0 Å². The molecular formula is C12H13ClF2O2. The van der Waals surface area contributed by atoms with Crippen molar-refractivity contribution < 1.29 is 18.3 Å². The van der Waals surface area contributed by atoms with Crippen LogP contribution in [0.15, 0.2) is 18.2 Å². The third-order valence-corrected chi connectivity index (χ3v) is 2.97. The maximum atomic E-state index is 13.5. The molecule has 0 saturated carbocycles. The zero-order valence-electron chi connectivity index (χ0n) is 9.38. The van der Waals surface area contributed by atoms with Crippen molar-refractivity contribution in [3.8, 4) is 0 Å². The normalized spacial score (nSPS) is 27.9. The van der Waals surface area contributed by atoms with E-state index >= 15 is 0 Å². The maximum Gasteiger partial charge on any atom is 0.200 e. The number of hydrogen-bond acceptors (Lipinski definition) is 2. The van der Waals surface area contributed by atoms with E-state index in [1.165, 1.54) is 12.1 Å². The van der Waals surface area contributed by atoms with Gasteiger partial charge in [0.05, 0.1) is 0 Å². The van der Waals surface area contributed by atoms with Crippen molar-refractivity contribution in [1.29, 1.82) is 0 Å². The molecule has 1 heterocycles. The van der Waals surface area contributed by atoms with Gasteiger partial charge in [0.25, 0.3) is 0 Å². The first-order chi connectivity index (χ1) is 8.05. The summed E-state index contributed by atoms with van der Waals surface area (Å²) in [6, 6.07) is 3.34. The minimum absolute atomic E-state index is 0.209. The van der Waals surface area contributed by atoms with E-state index in [1.807, 2.05) is 0 Å². The molecule has 1 saturated heterocycles. The molecular weight excluding hydrogens is 250 g/mol. The van der Waals surface area contributed by atoms with Gasteiger partial charge in [0.15, 0.2) is 6.29 Å². The van der Waals surface area contributed by atoms with E-state index in [0.29, 0.717) is 12.3 Å². The summed E-state index contributed by atoms with van der Waals surface area (Å²) < 4.78 is 37.3. The van der Waals surface area contributed by atoms with Gasteiger partial charge in [-0.15, -0.1) is 11.6 Å². The third-order valence-electron chi connectivity index (χ3n) is 2.71. The minimum Gasteiger partial charge on any atom is -0.317 e. The van der Waals surface area contributed by atoms with E-state index in [1.54, 1.807) is 6.92 Å². The monoisotopic (exact) mass is 262 g/mol. The van der Waals surface area contributed by atoms with Crippen LogP contribution < -0.4 is 0 Å². The zero-order valence-corrected chi connectivity index (χ0v) is 10.1. The van der Waals surface area contributed by atoms with Gasteiger partial charge in [-0.05, 0) is 31.9 Å². The van der Waals surface area contributed by atoms with E-state index in [-0.39, 0.29) is 11.9 Å². The van der Waals surface area contributed by atoms with Crippen LogP contribution in [-0.2, 0) is 15.3 Å². The second kappa shape index (κ2) is 4.88. The molecule has 0 spiro atoms. The topological polar surface area (TPSA) is 18.5 Å². The largest absolute Gasteiger partial charge is 0.317 e. The van der Waals surface area contributed by atoms with Gasteiger partial charge in [-0.2, -0.15) is 0 Å². The Morgan fingerprint density at radius 3 is 2.65 bits per heavy atom. The van der Waals surface area contributed by atoms with Gasteiger partial charge in [-0.1, -0.05) is 0 Å². The summed E-state index contributed by atoms with van der Waals surface area (Å²) in [5.41, 5.74) is 0.209. The van der Waals surface area contributed by atoms with Crippen molar-refractivity contribution in [1.82, 2.24) is 0 Å². The third kappa shape index (κ3) is 2.59.